The van der Waals surface area contributed by atoms with E-state index < -0.39 is 11.9 Å². The number of hydrogen-bond donors (Lipinski definition) is 0. The Morgan fingerprint density at radius 3 is 2.58 bits per heavy atom. The molecular formula is C8H11NO3. The summed E-state index contributed by atoms with van der Waals surface area (Å²) in [5.74, 6) is -0.885. The average molecular weight is 169 g/mol. The van der Waals surface area contributed by atoms with Crippen LogP contribution in [-0.2, 0) is 14.4 Å². The second-order valence-electron chi connectivity index (χ2n) is 2.78. The van der Waals surface area contributed by atoms with Gasteiger partial charge in [-0.05, 0) is 6.42 Å². The van der Waals surface area contributed by atoms with Gasteiger partial charge in [0.25, 0.3) is 5.91 Å². The summed E-state index contributed by atoms with van der Waals surface area (Å²) in [5, 5.41) is 0. The number of likely N-dealkylation sites (tertiary alicyclic amines) is 1. The van der Waals surface area contributed by atoms with Gasteiger partial charge >= 0.3 is 0 Å². The van der Waals surface area contributed by atoms with E-state index in [4.69, 9.17) is 0 Å². The molecule has 1 amide bonds. The van der Waals surface area contributed by atoms with Crippen LogP contribution >= 0.6 is 0 Å². The predicted molar refractivity (Wildman–Crippen MR) is 41.5 cm³/mol. The van der Waals surface area contributed by atoms with Crippen molar-refractivity contribution in [3.05, 3.63) is 0 Å². The number of nitrogens with zero attached hydrogens (tertiary/aromatic N) is 1. The molecule has 0 aromatic rings. The zero-order valence-corrected chi connectivity index (χ0v) is 6.95. The van der Waals surface area contributed by atoms with Crippen molar-refractivity contribution in [1.29, 1.82) is 0 Å². The lowest BCUT2D eigenvalue weighted by atomic mass is 10.2. The minimum Gasteiger partial charge on any atom is -0.326 e. The summed E-state index contributed by atoms with van der Waals surface area (Å²) >= 11 is 0. The molecule has 0 saturated carbocycles. The number of carbonyl (C=O) groups excluding carboxylic acids is 3. The van der Waals surface area contributed by atoms with E-state index in [-0.39, 0.29) is 12.2 Å². The summed E-state index contributed by atoms with van der Waals surface area (Å²) in [6.07, 6.45) is 1.54. The maximum absolute atomic E-state index is 11.1. The summed E-state index contributed by atoms with van der Waals surface area (Å²) in [5.41, 5.74) is 0. The molecule has 1 aliphatic heterocycles. The van der Waals surface area contributed by atoms with Gasteiger partial charge in [0, 0.05) is 13.0 Å². The highest BCUT2D eigenvalue weighted by atomic mass is 16.2. The van der Waals surface area contributed by atoms with Crippen molar-refractivity contribution < 1.29 is 14.4 Å². The molecule has 0 radical (unpaired) electrons. The van der Waals surface area contributed by atoms with Crippen LogP contribution in [0.25, 0.3) is 0 Å². The normalized spacial score (nSPS) is 19.9. The van der Waals surface area contributed by atoms with Crippen LogP contribution in [0.1, 0.15) is 19.8 Å². The zero-order valence-electron chi connectivity index (χ0n) is 6.95. The largest absolute Gasteiger partial charge is 0.326 e. The van der Waals surface area contributed by atoms with E-state index >= 15 is 0 Å². The third-order valence-corrected chi connectivity index (χ3v) is 2.05. The van der Waals surface area contributed by atoms with E-state index in [1.807, 2.05) is 6.92 Å². The van der Waals surface area contributed by atoms with Crippen LogP contribution in [0.15, 0.2) is 0 Å². The topological polar surface area (TPSA) is 54.5 Å². The fourth-order valence-corrected chi connectivity index (χ4v) is 1.30. The van der Waals surface area contributed by atoms with Crippen molar-refractivity contribution in [2.24, 2.45) is 0 Å². The van der Waals surface area contributed by atoms with E-state index in [9.17, 15) is 14.4 Å². The SMILES string of the molecule is CCC(C=O)N1CCC(=O)C1=O. The first-order chi connectivity index (χ1) is 5.70. The van der Waals surface area contributed by atoms with Gasteiger partial charge in [-0.2, -0.15) is 0 Å². The van der Waals surface area contributed by atoms with E-state index in [2.05, 4.69) is 0 Å². The molecule has 1 heterocycles. The van der Waals surface area contributed by atoms with Crippen LogP contribution in [0.5, 0.6) is 0 Å². The quantitative estimate of drug-likeness (QED) is 0.433. The van der Waals surface area contributed by atoms with Gasteiger partial charge in [0.1, 0.15) is 6.29 Å². The molecule has 1 aliphatic rings. The number of amides is 1. The first kappa shape index (κ1) is 8.90. The summed E-state index contributed by atoms with van der Waals surface area (Å²) in [6.45, 7) is 2.21. The Hall–Kier alpha value is -1.19. The van der Waals surface area contributed by atoms with E-state index in [0.717, 1.165) is 6.29 Å². The number of carbonyl (C=O) groups is 3. The fourth-order valence-electron chi connectivity index (χ4n) is 1.30. The van der Waals surface area contributed by atoms with Crippen LogP contribution in [-0.4, -0.2) is 35.5 Å². The van der Waals surface area contributed by atoms with Crippen molar-refractivity contribution in [1.82, 2.24) is 4.90 Å². The van der Waals surface area contributed by atoms with Crippen LogP contribution < -0.4 is 0 Å². The van der Waals surface area contributed by atoms with Gasteiger partial charge in [-0.15, -0.1) is 0 Å². The van der Waals surface area contributed by atoms with Gasteiger partial charge in [0.15, 0.2) is 0 Å². The van der Waals surface area contributed by atoms with E-state index in [1.54, 1.807) is 0 Å². The molecule has 0 aliphatic carbocycles. The summed E-state index contributed by atoms with van der Waals surface area (Å²) in [6, 6.07) is -0.413. The highest BCUT2D eigenvalue weighted by Crippen LogP contribution is 2.11. The molecule has 4 heteroatoms. The monoisotopic (exact) mass is 169 g/mol. The summed E-state index contributed by atoms with van der Waals surface area (Å²) in [4.78, 5) is 33.7. The van der Waals surface area contributed by atoms with Crippen LogP contribution in [0.4, 0.5) is 0 Å². The third kappa shape index (κ3) is 1.37. The Morgan fingerprint density at radius 1 is 1.58 bits per heavy atom. The predicted octanol–water partition coefficient (Wildman–Crippen LogP) is -0.235. The van der Waals surface area contributed by atoms with Crippen molar-refractivity contribution >= 4 is 18.0 Å². The second kappa shape index (κ2) is 3.47. The summed E-state index contributed by atoms with van der Waals surface area (Å²) < 4.78 is 0. The summed E-state index contributed by atoms with van der Waals surface area (Å²) in [7, 11) is 0. The van der Waals surface area contributed by atoms with Gasteiger partial charge < -0.3 is 9.69 Å². The smallest absolute Gasteiger partial charge is 0.290 e. The molecule has 4 nitrogen and oxygen atoms in total. The molecule has 1 rings (SSSR count). The van der Waals surface area contributed by atoms with Crippen molar-refractivity contribution in [3.63, 3.8) is 0 Å². The molecular weight excluding hydrogens is 158 g/mol. The number of hydrogen-bond acceptors (Lipinski definition) is 3. The lowest BCUT2D eigenvalue weighted by Gasteiger charge is -2.19. The van der Waals surface area contributed by atoms with Crippen molar-refractivity contribution in [2.45, 2.75) is 25.8 Å². The Morgan fingerprint density at radius 2 is 2.25 bits per heavy atom. The Balaban J connectivity index is 2.69. The van der Waals surface area contributed by atoms with Crippen molar-refractivity contribution in [2.75, 3.05) is 6.54 Å². The van der Waals surface area contributed by atoms with Crippen molar-refractivity contribution in [3.8, 4) is 0 Å². The molecule has 1 unspecified atom stereocenters. The fraction of sp³-hybridized carbons (Fsp3) is 0.625. The highest BCUT2D eigenvalue weighted by molar-refractivity contribution is 6.38. The molecule has 1 fully saturated rings. The van der Waals surface area contributed by atoms with Crippen LogP contribution in [0.2, 0.25) is 0 Å². The Bertz CT molecular complexity index is 224. The number of rotatable bonds is 3. The molecule has 12 heavy (non-hydrogen) atoms. The molecule has 0 spiro atoms. The number of aldehydes is 1. The van der Waals surface area contributed by atoms with Gasteiger partial charge in [0.2, 0.25) is 5.78 Å². The van der Waals surface area contributed by atoms with Crippen LogP contribution in [0.3, 0.4) is 0 Å². The number of Topliss-reactive ketones (excluding diaryl/α,β-unsaturated/α-hetero) is 1. The molecule has 0 bridgehead atoms. The van der Waals surface area contributed by atoms with Gasteiger partial charge in [-0.25, -0.2) is 0 Å². The molecule has 0 aromatic heterocycles. The Kier molecular flexibility index (Phi) is 2.58. The average Bonchev–Trinajstić information content (AvgIpc) is 2.38. The molecule has 0 aromatic carbocycles. The van der Waals surface area contributed by atoms with E-state index in [0.29, 0.717) is 13.0 Å². The molecule has 1 atom stereocenters. The zero-order chi connectivity index (χ0) is 9.14. The first-order valence-electron chi connectivity index (χ1n) is 3.99. The minimum atomic E-state index is -0.506. The van der Waals surface area contributed by atoms with Gasteiger partial charge in [0.05, 0.1) is 6.04 Å². The first-order valence-corrected chi connectivity index (χ1v) is 3.99. The van der Waals surface area contributed by atoms with Crippen LogP contribution in [0, 0.1) is 0 Å². The van der Waals surface area contributed by atoms with E-state index in [1.165, 1.54) is 4.90 Å². The molecule has 1 saturated heterocycles. The maximum Gasteiger partial charge on any atom is 0.290 e. The van der Waals surface area contributed by atoms with Gasteiger partial charge in [-0.3, -0.25) is 9.59 Å². The molecule has 0 N–H and O–H groups in total. The lowest BCUT2D eigenvalue weighted by Crippen LogP contribution is -2.38. The van der Waals surface area contributed by atoms with Gasteiger partial charge in [-0.1, -0.05) is 6.92 Å². The standard InChI is InChI=1S/C8H11NO3/c1-2-6(5-10)9-4-3-7(11)8(9)12/h5-6H,2-4H2,1H3. The number of ketones is 1. The Labute approximate surface area is 70.5 Å². The third-order valence-electron chi connectivity index (χ3n) is 2.05. The molecule has 66 valence electrons. The highest BCUT2D eigenvalue weighted by Gasteiger charge is 2.33. The lowest BCUT2D eigenvalue weighted by molar-refractivity contribution is -0.142. The second-order valence-corrected chi connectivity index (χ2v) is 2.78. The maximum atomic E-state index is 11.1. The minimum absolute atomic E-state index is 0.253.